The van der Waals surface area contributed by atoms with E-state index in [4.69, 9.17) is 9.62 Å². The molecule has 0 fully saturated rings. The molecule has 2 aromatic heterocycles. The van der Waals surface area contributed by atoms with Gasteiger partial charge < -0.3 is 9.64 Å². The van der Waals surface area contributed by atoms with Crippen LogP contribution in [0.3, 0.4) is 0 Å². The van der Waals surface area contributed by atoms with Crippen LogP contribution < -0.4 is 9.79 Å². The van der Waals surface area contributed by atoms with Gasteiger partial charge in [0.2, 0.25) is 5.13 Å². The zero-order chi connectivity index (χ0) is 29.0. The molecule has 0 aliphatic heterocycles. The highest BCUT2D eigenvalue weighted by atomic mass is 32.1. The quantitative estimate of drug-likeness (QED) is 0.0472. The Morgan fingerprint density at radius 2 is 1.68 bits per heavy atom. The second kappa shape index (κ2) is 14.7. The van der Waals surface area contributed by atoms with Crippen molar-refractivity contribution in [2.24, 2.45) is 20.5 Å². The van der Waals surface area contributed by atoms with Gasteiger partial charge in [0.05, 0.1) is 29.1 Å². The summed E-state index contributed by atoms with van der Waals surface area (Å²) in [5, 5.41) is 22.7. The van der Waals surface area contributed by atoms with Crippen LogP contribution in [0, 0.1) is 0 Å². The molecule has 12 nitrogen and oxygen atoms in total. The van der Waals surface area contributed by atoms with Crippen molar-refractivity contribution in [3.8, 4) is 5.75 Å². The van der Waals surface area contributed by atoms with E-state index in [0.717, 1.165) is 27.8 Å². The van der Waals surface area contributed by atoms with Gasteiger partial charge in [0, 0.05) is 29.9 Å². The molecule has 212 valence electrons. The number of carbonyl (C=O) groups is 2. The topological polar surface area (TPSA) is 137 Å². The van der Waals surface area contributed by atoms with Crippen molar-refractivity contribution in [3.63, 3.8) is 0 Å². The summed E-state index contributed by atoms with van der Waals surface area (Å²) in [6, 6.07) is 16.1. The Morgan fingerprint density at radius 3 is 2.34 bits per heavy atom. The predicted octanol–water partition coefficient (Wildman–Crippen LogP) is 7.92. The molecule has 41 heavy (non-hydrogen) atoms. The number of carbonyl (C=O) groups excluding carboxylic acids is 2. The number of rotatable bonds is 14. The highest BCUT2D eigenvalue weighted by molar-refractivity contribution is 7.30. The van der Waals surface area contributed by atoms with Gasteiger partial charge in [-0.25, -0.2) is 9.78 Å². The molecule has 0 unspecified atom stereocenters. The number of hydrogen-bond acceptors (Lipinski definition) is 14. The molecule has 0 atom stereocenters. The van der Waals surface area contributed by atoms with Gasteiger partial charge in [0.1, 0.15) is 9.83 Å². The van der Waals surface area contributed by atoms with Crippen molar-refractivity contribution in [2.75, 3.05) is 24.6 Å². The molecule has 0 bridgehead atoms. The van der Waals surface area contributed by atoms with Crippen molar-refractivity contribution < 1.29 is 29.1 Å². The fourth-order valence-electron chi connectivity index (χ4n) is 3.36. The number of thiazole rings is 1. The van der Waals surface area contributed by atoms with E-state index in [-0.39, 0.29) is 5.97 Å². The van der Waals surface area contributed by atoms with Crippen LogP contribution in [-0.4, -0.2) is 36.6 Å². The third-order valence-electron chi connectivity index (χ3n) is 5.32. The lowest BCUT2D eigenvalue weighted by atomic mass is 10.2. The lowest BCUT2D eigenvalue weighted by Crippen LogP contribution is -2.26. The molecular formula is C27H26N6O6S2. The third kappa shape index (κ3) is 8.73. The minimum Gasteiger partial charge on any atom is -0.466 e. The van der Waals surface area contributed by atoms with Crippen molar-refractivity contribution in [2.45, 2.75) is 20.3 Å². The van der Waals surface area contributed by atoms with Crippen LogP contribution in [0.4, 0.5) is 27.2 Å². The third-order valence-corrected chi connectivity index (χ3v) is 7.25. The SMILES string of the molecule is C=CC(=O)OOOc1ccc(N=Nc2cc3sc(N=Nc4ccc(N(CC)CCC(=O)OCC)cc4)nc3s2)cc1. The van der Waals surface area contributed by atoms with E-state index in [2.05, 4.69) is 46.8 Å². The number of fused-ring (bicyclic) bond motifs is 1. The Morgan fingerprint density at radius 1 is 0.976 bits per heavy atom. The summed E-state index contributed by atoms with van der Waals surface area (Å²) in [5.74, 6) is -0.659. The normalized spacial score (nSPS) is 11.3. The summed E-state index contributed by atoms with van der Waals surface area (Å²) in [7, 11) is 0. The maximum atomic E-state index is 11.7. The van der Waals surface area contributed by atoms with Crippen LogP contribution in [0.25, 0.3) is 9.53 Å². The number of hydrogen-bond donors (Lipinski definition) is 0. The Kier molecular flexibility index (Phi) is 10.6. The highest BCUT2D eigenvalue weighted by Gasteiger charge is 2.10. The first-order valence-corrected chi connectivity index (χ1v) is 14.1. The van der Waals surface area contributed by atoms with E-state index in [1.54, 1.807) is 31.2 Å². The molecule has 0 amide bonds. The predicted molar refractivity (Wildman–Crippen MR) is 156 cm³/mol. The molecule has 4 aromatic rings. The molecule has 0 saturated carbocycles. The Balaban J connectivity index is 1.31. The molecule has 4 rings (SSSR count). The second-order valence-corrected chi connectivity index (χ2v) is 10.1. The van der Waals surface area contributed by atoms with Gasteiger partial charge in [-0.05, 0) is 68.4 Å². The first kappa shape index (κ1) is 29.5. The van der Waals surface area contributed by atoms with Crippen LogP contribution in [-0.2, 0) is 24.3 Å². The average molecular weight is 595 g/mol. The van der Waals surface area contributed by atoms with Gasteiger partial charge in [-0.2, -0.15) is 0 Å². The molecule has 0 radical (unpaired) electrons. The lowest BCUT2D eigenvalue weighted by molar-refractivity contribution is -0.434. The average Bonchev–Trinajstić information content (AvgIpc) is 3.55. The van der Waals surface area contributed by atoms with Crippen molar-refractivity contribution in [1.82, 2.24) is 4.98 Å². The number of anilines is 1. The molecule has 14 heteroatoms. The van der Waals surface area contributed by atoms with Crippen LogP contribution in [0.2, 0.25) is 0 Å². The summed E-state index contributed by atoms with van der Waals surface area (Å²) in [4.78, 5) is 39.1. The molecule has 0 N–H and O–H groups in total. The maximum absolute atomic E-state index is 11.7. The Hall–Kier alpha value is -4.53. The van der Waals surface area contributed by atoms with E-state index < -0.39 is 5.97 Å². The Bertz CT molecular complexity index is 1500. The van der Waals surface area contributed by atoms with Gasteiger partial charge in [0.25, 0.3) is 0 Å². The molecular weight excluding hydrogens is 568 g/mol. The number of nitrogens with zero attached hydrogens (tertiary/aromatic N) is 6. The van der Waals surface area contributed by atoms with E-state index in [1.165, 1.54) is 22.7 Å². The number of esters is 1. The molecule has 2 heterocycles. The summed E-state index contributed by atoms with van der Waals surface area (Å²) in [5.41, 5.74) is 2.28. The van der Waals surface area contributed by atoms with Crippen LogP contribution in [0.5, 0.6) is 5.75 Å². The summed E-state index contributed by atoms with van der Waals surface area (Å²) < 4.78 is 5.95. The zero-order valence-corrected chi connectivity index (χ0v) is 23.9. The fourth-order valence-corrected chi connectivity index (χ4v) is 5.21. The minimum atomic E-state index is -0.772. The van der Waals surface area contributed by atoms with E-state index in [1.807, 2.05) is 37.3 Å². The van der Waals surface area contributed by atoms with E-state index >= 15 is 0 Å². The zero-order valence-electron chi connectivity index (χ0n) is 22.3. The lowest BCUT2D eigenvalue weighted by Gasteiger charge is -2.22. The van der Waals surface area contributed by atoms with Gasteiger partial charge in [-0.1, -0.05) is 29.3 Å². The molecule has 0 saturated heterocycles. The molecule has 0 aliphatic rings. The first-order chi connectivity index (χ1) is 20.0. The number of ether oxygens (including phenoxy) is 1. The van der Waals surface area contributed by atoms with Gasteiger partial charge in [0.15, 0.2) is 5.75 Å². The van der Waals surface area contributed by atoms with Crippen LogP contribution >= 0.6 is 22.7 Å². The van der Waals surface area contributed by atoms with Gasteiger partial charge >= 0.3 is 11.9 Å². The van der Waals surface area contributed by atoms with Crippen molar-refractivity contribution in [1.29, 1.82) is 0 Å². The summed E-state index contributed by atoms with van der Waals surface area (Å²) in [6.45, 7) is 8.82. The Labute approximate surface area is 243 Å². The van der Waals surface area contributed by atoms with Crippen molar-refractivity contribution in [3.05, 3.63) is 67.3 Å². The molecule has 0 spiro atoms. The number of azo groups is 2. The van der Waals surface area contributed by atoms with Crippen LogP contribution in [0.1, 0.15) is 20.3 Å². The van der Waals surface area contributed by atoms with Gasteiger partial charge in [-0.3, -0.25) is 14.6 Å². The second-order valence-electron chi connectivity index (χ2n) is 8.05. The molecule has 2 aromatic carbocycles. The minimum absolute atomic E-state index is 0.199. The van der Waals surface area contributed by atoms with Crippen molar-refractivity contribution >= 4 is 71.3 Å². The number of benzene rings is 2. The summed E-state index contributed by atoms with van der Waals surface area (Å²) >= 11 is 2.80. The summed E-state index contributed by atoms with van der Waals surface area (Å²) in [6.07, 6.45) is 1.28. The fraction of sp³-hybridized carbons (Fsp3) is 0.222. The smallest absolute Gasteiger partial charge is 0.369 e. The largest absolute Gasteiger partial charge is 0.466 e. The highest BCUT2D eigenvalue weighted by Crippen LogP contribution is 2.39. The monoisotopic (exact) mass is 594 g/mol. The first-order valence-electron chi connectivity index (χ1n) is 12.5. The van der Waals surface area contributed by atoms with E-state index in [0.29, 0.717) is 46.8 Å². The van der Waals surface area contributed by atoms with Crippen LogP contribution in [0.15, 0.2) is 87.7 Å². The number of aromatic nitrogens is 1. The van der Waals surface area contributed by atoms with Gasteiger partial charge in [-0.15, -0.1) is 20.5 Å². The van der Waals surface area contributed by atoms with E-state index in [9.17, 15) is 9.59 Å². The standard InChI is InChI=1S/C27H26N6O6S2/c1-4-24(34)38-39-37-21-13-9-19(10-14-21)29-31-23-17-22-26(41-23)28-27(40-22)32-30-18-7-11-20(12-8-18)33(5-2)16-15-25(35)36-6-3/h4,7-14,17H,1,5-6,15-16H2,2-3H3. The number of thiophene rings is 1. The maximum Gasteiger partial charge on any atom is 0.369 e. The molecule has 0 aliphatic carbocycles.